The van der Waals surface area contributed by atoms with E-state index in [4.69, 9.17) is 11.6 Å². The Bertz CT molecular complexity index is 1090. The maximum absolute atomic E-state index is 12.5. The van der Waals surface area contributed by atoms with E-state index in [1.807, 2.05) is 0 Å². The predicted octanol–water partition coefficient (Wildman–Crippen LogP) is 3.51. The molecule has 0 aliphatic carbocycles. The van der Waals surface area contributed by atoms with Crippen molar-refractivity contribution in [3.63, 3.8) is 0 Å². The summed E-state index contributed by atoms with van der Waals surface area (Å²) in [6.07, 6.45) is 5.30. The summed E-state index contributed by atoms with van der Waals surface area (Å²) in [7, 11) is 0. The lowest BCUT2D eigenvalue weighted by Gasteiger charge is -2.21. The van der Waals surface area contributed by atoms with Gasteiger partial charge in [-0.05, 0) is 61.7 Å². The van der Waals surface area contributed by atoms with Crippen LogP contribution in [0.1, 0.15) is 29.7 Å². The fourth-order valence-corrected chi connectivity index (χ4v) is 4.63. The number of hydrogen-bond acceptors (Lipinski definition) is 4. The maximum atomic E-state index is 12.5. The van der Waals surface area contributed by atoms with Gasteiger partial charge in [0.15, 0.2) is 0 Å². The van der Waals surface area contributed by atoms with E-state index in [0.29, 0.717) is 17.2 Å². The van der Waals surface area contributed by atoms with Crippen LogP contribution in [-0.2, 0) is 19.5 Å². The Labute approximate surface area is 169 Å². The van der Waals surface area contributed by atoms with Gasteiger partial charge < -0.3 is 4.90 Å². The van der Waals surface area contributed by atoms with Gasteiger partial charge in [-0.3, -0.25) is 14.1 Å². The third kappa shape index (κ3) is 3.29. The largest absolute Gasteiger partial charge is 0.365 e. The SMILES string of the molecule is O=c1cc(CN2CCc3c(CN4CCCC4)cccc32)nc2ccc(Cl)cn12. The zero-order valence-corrected chi connectivity index (χ0v) is 16.5. The van der Waals surface area contributed by atoms with Crippen molar-refractivity contribution in [1.82, 2.24) is 14.3 Å². The van der Waals surface area contributed by atoms with Crippen molar-refractivity contribution < 1.29 is 0 Å². The monoisotopic (exact) mass is 394 g/mol. The van der Waals surface area contributed by atoms with Crippen molar-refractivity contribution in [2.75, 3.05) is 24.5 Å². The Balaban J connectivity index is 1.42. The molecule has 5 nitrogen and oxygen atoms in total. The van der Waals surface area contributed by atoms with Gasteiger partial charge in [0.25, 0.3) is 5.56 Å². The van der Waals surface area contributed by atoms with Gasteiger partial charge in [0.05, 0.1) is 17.3 Å². The molecule has 2 aromatic heterocycles. The Kier molecular flexibility index (Phi) is 4.57. The summed E-state index contributed by atoms with van der Waals surface area (Å²) in [5.74, 6) is 0. The molecule has 0 N–H and O–H groups in total. The molecule has 0 radical (unpaired) electrons. The highest BCUT2D eigenvalue weighted by Gasteiger charge is 2.23. The second-order valence-corrected chi connectivity index (χ2v) is 8.17. The van der Waals surface area contributed by atoms with Gasteiger partial charge in [-0.25, -0.2) is 4.98 Å². The average Bonchev–Trinajstić information content (AvgIpc) is 3.33. The third-order valence-electron chi connectivity index (χ3n) is 5.84. The molecule has 0 saturated carbocycles. The van der Waals surface area contributed by atoms with Gasteiger partial charge in [-0.1, -0.05) is 23.7 Å². The van der Waals surface area contributed by atoms with Crippen LogP contribution in [0.5, 0.6) is 0 Å². The number of hydrogen-bond donors (Lipinski definition) is 0. The van der Waals surface area contributed by atoms with Crippen LogP contribution in [-0.4, -0.2) is 33.9 Å². The van der Waals surface area contributed by atoms with Gasteiger partial charge in [0.2, 0.25) is 0 Å². The molecule has 6 heteroatoms. The summed E-state index contributed by atoms with van der Waals surface area (Å²) in [5, 5.41) is 0.531. The predicted molar refractivity (Wildman–Crippen MR) is 112 cm³/mol. The first-order chi connectivity index (χ1) is 13.7. The van der Waals surface area contributed by atoms with E-state index in [0.717, 1.165) is 25.2 Å². The lowest BCUT2D eigenvalue weighted by atomic mass is 10.0. The molecule has 0 bridgehead atoms. The van der Waals surface area contributed by atoms with E-state index in [2.05, 4.69) is 33.0 Å². The Morgan fingerprint density at radius 1 is 1.04 bits per heavy atom. The number of halogens is 1. The lowest BCUT2D eigenvalue weighted by molar-refractivity contribution is 0.330. The van der Waals surface area contributed by atoms with Crippen molar-refractivity contribution in [3.05, 3.63) is 74.8 Å². The van der Waals surface area contributed by atoms with Crippen LogP contribution < -0.4 is 10.5 Å². The van der Waals surface area contributed by atoms with Gasteiger partial charge in [-0.15, -0.1) is 0 Å². The number of benzene rings is 1. The van der Waals surface area contributed by atoms with Gasteiger partial charge in [0, 0.05) is 31.0 Å². The molecule has 0 atom stereocenters. The summed E-state index contributed by atoms with van der Waals surface area (Å²) in [4.78, 5) is 22.0. The molecule has 2 aliphatic heterocycles. The van der Waals surface area contributed by atoms with Gasteiger partial charge in [0.1, 0.15) is 5.65 Å². The van der Waals surface area contributed by atoms with E-state index in [9.17, 15) is 4.79 Å². The first-order valence-corrected chi connectivity index (χ1v) is 10.3. The maximum Gasteiger partial charge on any atom is 0.258 e. The van der Waals surface area contributed by atoms with E-state index in [1.54, 1.807) is 24.4 Å². The number of aromatic nitrogens is 2. The molecule has 144 valence electrons. The third-order valence-corrected chi connectivity index (χ3v) is 6.07. The second kappa shape index (κ2) is 7.22. The first-order valence-electron chi connectivity index (χ1n) is 9.93. The van der Waals surface area contributed by atoms with Gasteiger partial charge in [-0.2, -0.15) is 0 Å². The molecule has 4 heterocycles. The number of anilines is 1. The first kappa shape index (κ1) is 17.7. The van der Waals surface area contributed by atoms with Crippen molar-refractivity contribution in [2.24, 2.45) is 0 Å². The standard InChI is InChI=1S/C22H23ClN4O/c23-17-6-7-21-24-18(12-22(28)27(21)14-17)15-26-11-8-19-16(4-3-5-20(19)26)13-25-9-1-2-10-25/h3-7,12,14H,1-2,8-11,13,15H2. The van der Waals surface area contributed by atoms with E-state index in [-0.39, 0.29) is 5.56 Å². The minimum absolute atomic E-state index is 0.0929. The summed E-state index contributed by atoms with van der Waals surface area (Å²) in [6, 6.07) is 11.8. The van der Waals surface area contributed by atoms with Crippen LogP contribution in [0.15, 0.2) is 47.4 Å². The number of rotatable bonds is 4. The van der Waals surface area contributed by atoms with E-state index < -0.39 is 0 Å². The van der Waals surface area contributed by atoms with Crippen LogP contribution in [0.3, 0.4) is 0 Å². The summed E-state index contributed by atoms with van der Waals surface area (Å²) in [6.45, 7) is 5.08. The average molecular weight is 395 g/mol. The fraction of sp³-hybridized carbons (Fsp3) is 0.364. The lowest BCUT2D eigenvalue weighted by Crippen LogP contribution is -2.23. The summed E-state index contributed by atoms with van der Waals surface area (Å²) < 4.78 is 1.50. The fourth-order valence-electron chi connectivity index (χ4n) is 4.47. The number of nitrogens with zero attached hydrogens (tertiary/aromatic N) is 4. The van der Waals surface area contributed by atoms with Crippen molar-refractivity contribution in [2.45, 2.75) is 32.4 Å². The molecule has 3 aromatic rings. The van der Waals surface area contributed by atoms with Crippen molar-refractivity contribution in [1.29, 1.82) is 0 Å². The Morgan fingerprint density at radius 3 is 2.75 bits per heavy atom. The highest BCUT2D eigenvalue weighted by Crippen LogP contribution is 2.32. The molecule has 0 unspecified atom stereocenters. The van der Waals surface area contributed by atoms with E-state index >= 15 is 0 Å². The van der Waals surface area contributed by atoms with Crippen LogP contribution in [0.2, 0.25) is 5.02 Å². The Morgan fingerprint density at radius 2 is 1.89 bits per heavy atom. The molecular formula is C22H23ClN4O. The normalized spacial score (nSPS) is 16.8. The minimum Gasteiger partial charge on any atom is -0.365 e. The number of fused-ring (bicyclic) bond motifs is 2. The zero-order chi connectivity index (χ0) is 19.1. The summed E-state index contributed by atoms with van der Waals surface area (Å²) >= 11 is 6.00. The molecule has 0 spiro atoms. The van der Waals surface area contributed by atoms with Crippen molar-refractivity contribution in [3.8, 4) is 0 Å². The molecule has 5 rings (SSSR count). The smallest absolute Gasteiger partial charge is 0.258 e. The van der Waals surface area contributed by atoms with Crippen LogP contribution >= 0.6 is 11.6 Å². The molecule has 28 heavy (non-hydrogen) atoms. The highest BCUT2D eigenvalue weighted by atomic mass is 35.5. The van der Waals surface area contributed by atoms with Crippen LogP contribution in [0.4, 0.5) is 5.69 Å². The molecule has 2 aliphatic rings. The number of likely N-dealkylation sites (tertiary alicyclic amines) is 1. The quantitative estimate of drug-likeness (QED) is 0.679. The molecular weight excluding hydrogens is 372 g/mol. The number of pyridine rings is 1. The topological polar surface area (TPSA) is 40.9 Å². The Hall–Kier alpha value is -2.37. The zero-order valence-electron chi connectivity index (χ0n) is 15.8. The second-order valence-electron chi connectivity index (χ2n) is 7.73. The van der Waals surface area contributed by atoms with E-state index in [1.165, 1.54) is 47.1 Å². The molecule has 1 fully saturated rings. The van der Waals surface area contributed by atoms with Crippen LogP contribution in [0, 0.1) is 0 Å². The molecule has 0 amide bonds. The molecule has 1 saturated heterocycles. The van der Waals surface area contributed by atoms with Crippen molar-refractivity contribution >= 4 is 22.9 Å². The molecule has 1 aromatic carbocycles. The minimum atomic E-state index is -0.0929. The van der Waals surface area contributed by atoms with Gasteiger partial charge >= 0.3 is 0 Å². The highest BCUT2D eigenvalue weighted by molar-refractivity contribution is 6.30. The van der Waals surface area contributed by atoms with Crippen LogP contribution in [0.25, 0.3) is 5.65 Å². The summed E-state index contributed by atoms with van der Waals surface area (Å²) in [5.41, 5.74) is 5.53.